The Morgan fingerprint density at radius 1 is 1.06 bits per heavy atom. The maximum atomic E-state index is 13.3. The molecule has 2 rings (SSSR count). The van der Waals surface area contributed by atoms with Crippen molar-refractivity contribution in [3.05, 3.63) is 71.0 Å². The van der Waals surface area contributed by atoms with Gasteiger partial charge in [0.25, 0.3) is 0 Å². The maximum absolute atomic E-state index is 13.3. The van der Waals surface area contributed by atoms with E-state index in [1.54, 1.807) is 28.8 Å². The van der Waals surface area contributed by atoms with E-state index in [0.29, 0.717) is 6.42 Å². The third kappa shape index (κ3) is 7.69. The Labute approximate surface area is 189 Å². The fraction of sp³-hybridized carbons (Fsp3) is 0.440. The zero-order chi connectivity index (χ0) is 22.8. The van der Waals surface area contributed by atoms with Gasteiger partial charge in [-0.2, -0.15) is 0 Å². The van der Waals surface area contributed by atoms with E-state index in [2.05, 4.69) is 24.4 Å². The Kier molecular flexibility index (Phi) is 10.0. The zero-order valence-electron chi connectivity index (χ0n) is 18.9. The van der Waals surface area contributed by atoms with E-state index in [0.717, 1.165) is 17.7 Å². The van der Waals surface area contributed by atoms with Gasteiger partial charge in [-0.05, 0) is 55.5 Å². The number of nitrogens with zero attached hydrogens (tertiary/aromatic N) is 1. The van der Waals surface area contributed by atoms with Crippen LogP contribution in [0.15, 0.2) is 48.5 Å². The summed E-state index contributed by atoms with van der Waals surface area (Å²) in [5.74, 6) is 0.462. The number of hydrogen-bond acceptors (Lipinski definition) is 3. The van der Waals surface area contributed by atoms with Gasteiger partial charge in [0.2, 0.25) is 11.8 Å². The van der Waals surface area contributed by atoms with Crippen molar-refractivity contribution in [2.24, 2.45) is 0 Å². The predicted octanol–water partition coefficient (Wildman–Crippen LogP) is 5.09. The second-order valence-electron chi connectivity index (χ2n) is 7.81. The van der Waals surface area contributed by atoms with Gasteiger partial charge in [-0.1, -0.05) is 50.2 Å². The van der Waals surface area contributed by atoms with Crippen molar-refractivity contribution in [1.29, 1.82) is 0 Å². The highest BCUT2D eigenvalue weighted by atomic mass is 32.2. The summed E-state index contributed by atoms with van der Waals surface area (Å²) in [6, 6.07) is 13.7. The SMILES string of the molecule is CC[C@H](C)NC(=O)[C@H](CC)N(Cc1ccc(F)cc1)C(=O)CSCc1ccccc1C. The molecule has 0 saturated carbocycles. The summed E-state index contributed by atoms with van der Waals surface area (Å²) in [5, 5.41) is 3.00. The predicted molar refractivity (Wildman–Crippen MR) is 126 cm³/mol. The van der Waals surface area contributed by atoms with Crippen LogP contribution in [0.5, 0.6) is 0 Å². The van der Waals surface area contributed by atoms with Crippen LogP contribution >= 0.6 is 11.8 Å². The minimum atomic E-state index is -0.564. The van der Waals surface area contributed by atoms with E-state index in [9.17, 15) is 14.0 Å². The molecular formula is C25H33FN2O2S. The molecule has 0 radical (unpaired) electrons. The molecule has 2 amide bonds. The lowest BCUT2D eigenvalue weighted by molar-refractivity contribution is -0.139. The Morgan fingerprint density at radius 2 is 1.74 bits per heavy atom. The quantitative estimate of drug-likeness (QED) is 0.525. The number of thioether (sulfide) groups is 1. The topological polar surface area (TPSA) is 49.4 Å². The molecular weight excluding hydrogens is 411 g/mol. The van der Waals surface area contributed by atoms with Gasteiger partial charge in [-0.3, -0.25) is 9.59 Å². The molecule has 0 heterocycles. The molecule has 0 aliphatic rings. The first-order valence-electron chi connectivity index (χ1n) is 10.8. The number of halogens is 1. The third-order valence-electron chi connectivity index (χ3n) is 5.40. The molecule has 0 aliphatic carbocycles. The summed E-state index contributed by atoms with van der Waals surface area (Å²) in [6.45, 7) is 8.21. The zero-order valence-corrected chi connectivity index (χ0v) is 19.7. The molecule has 0 fully saturated rings. The summed E-state index contributed by atoms with van der Waals surface area (Å²) in [7, 11) is 0. The average Bonchev–Trinajstić information content (AvgIpc) is 2.76. The fourth-order valence-corrected chi connectivity index (χ4v) is 4.24. The molecule has 31 heavy (non-hydrogen) atoms. The minimum Gasteiger partial charge on any atom is -0.352 e. The van der Waals surface area contributed by atoms with Gasteiger partial charge in [-0.15, -0.1) is 11.8 Å². The van der Waals surface area contributed by atoms with Crippen LogP contribution < -0.4 is 5.32 Å². The molecule has 168 valence electrons. The second-order valence-corrected chi connectivity index (χ2v) is 8.79. The van der Waals surface area contributed by atoms with Crippen molar-refractivity contribution in [1.82, 2.24) is 10.2 Å². The van der Waals surface area contributed by atoms with Crippen LogP contribution in [0.3, 0.4) is 0 Å². The van der Waals surface area contributed by atoms with Gasteiger partial charge >= 0.3 is 0 Å². The van der Waals surface area contributed by atoms with Gasteiger partial charge in [-0.25, -0.2) is 4.39 Å². The largest absolute Gasteiger partial charge is 0.352 e. The fourth-order valence-electron chi connectivity index (χ4n) is 3.25. The van der Waals surface area contributed by atoms with Crippen LogP contribution in [0.2, 0.25) is 0 Å². The van der Waals surface area contributed by atoms with Crippen molar-refractivity contribution >= 4 is 23.6 Å². The smallest absolute Gasteiger partial charge is 0.243 e. The van der Waals surface area contributed by atoms with E-state index in [-0.39, 0.29) is 36.0 Å². The van der Waals surface area contributed by atoms with Crippen LogP contribution in [0.25, 0.3) is 0 Å². The van der Waals surface area contributed by atoms with Crippen LogP contribution in [0, 0.1) is 12.7 Å². The number of aryl methyl sites for hydroxylation is 1. The van der Waals surface area contributed by atoms with Crippen molar-refractivity contribution in [2.45, 2.75) is 64.9 Å². The second kappa shape index (κ2) is 12.5. The summed E-state index contributed by atoms with van der Waals surface area (Å²) in [5.41, 5.74) is 3.20. The molecule has 0 aromatic heterocycles. The van der Waals surface area contributed by atoms with Crippen LogP contribution in [-0.4, -0.2) is 34.6 Å². The third-order valence-corrected chi connectivity index (χ3v) is 6.36. The van der Waals surface area contributed by atoms with Gasteiger partial charge < -0.3 is 10.2 Å². The van der Waals surface area contributed by atoms with Crippen molar-refractivity contribution < 1.29 is 14.0 Å². The van der Waals surface area contributed by atoms with Crippen molar-refractivity contribution in [2.75, 3.05) is 5.75 Å². The highest BCUT2D eigenvalue weighted by Gasteiger charge is 2.29. The van der Waals surface area contributed by atoms with Gasteiger partial charge in [0.1, 0.15) is 11.9 Å². The highest BCUT2D eigenvalue weighted by molar-refractivity contribution is 7.99. The number of nitrogens with one attached hydrogen (secondary N) is 1. The van der Waals surface area contributed by atoms with E-state index < -0.39 is 6.04 Å². The Morgan fingerprint density at radius 3 is 2.35 bits per heavy atom. The Bertz CT molecular complexity index is 857. The van der Waals surface area contributed by atoms with E-state index in [1.165, 1.54) is 23.3 Å². The molecule has 0 bridgehead atoms. The first-order chi connectivity index (χ1) is 14.8. The van der Waals surface area contributed by atoms with Gasteiger partial charge in [0.15, 0.2) is 0 Å². The monoisotopic (exact) mass is 444 g/mol. The first-order valence-corrected chi connectivity index (χ1v) is 12.0. The number of hydrogen-bond donors (Lipinski definition) is 1. The normalized spacial score (nSPS) is 12.8. The lowest BCUT2D eigenvalue weighted by Crippen LogP contribution is -2.51. The Balaban J connectivity index is 2.14. The van der Waals surface area contributed by atoms with Crippen molar-refractivity contribution in [3.63, 3.8) is 0 Å². The number of amides is 2. The minimum absolute atomic E-state index is 0.0414. The van der Waals surface area contributed by atoms with Crippen LogP contribution in [-0.2, 0) is 21.9 Å². The molecule has 6 heteroatoms. The maximum Gasteiger partial charge on any atom is 0.243 e. The molecule has 0 aliphatic heterocycles. The van der Waals surface area contributed by atoms with Gasteiger partial charge in [0, 0.05) is 18.3 Å². The highest BCUT2D eigenvalue weighted by Crippen LogP contribution is 2.19. The molecule has 2 aromatic carbocycles. The molecule has 0 unspecified atom stereocenters. The molecule has 1 N–H and O–H groups in total. The van der Waals surface area contributed by atoms with E-state index in [4.69, 9.17) is 0 Å². The van der Waals surface area contributed by atoms with E-state index >= 15 is 0 Å². The molecule has 0 spiro atoms. The molecule has 0 saturated heterocycles. The summed E-state index contributed by atoms with van der Waals surface area (Å²) < 4.78 is 13.3. The Hall–Kier alpha value is -2.34. The lowest BCUT2D eigenvalue weighted by atomic mass is 10.1. The van der Waals surface area contributed by atoms with Gasteiger partial charge in [0.05, 0.1) is 5.75 Å². The van der Waals surface area contributed by atoms with E-state index in [1.807, 2.05) is 32.9 Å². The number of rotatable bonds is 11. The number of carbonyl (C=O) groups is 2. The molecule has 2 atom stereocenters. The molecule has 4 nitrogen and oxygen atoms in total. The summed E-state index contributed by atoms with van der Waals surface area (Å²) in [6.07, 6.45) is 1.33. The number of benzene rings is 2. The standard InChI is InChI=1S/C25H33FN2O2S/c1-5-19(4)27-25(30)23(6-2)28(15-20-11-13-22(26)14-12-20)24(29)17-31-16-21-10-8-7-9-18(21)3/h7-14,19,23H,5-6,15-17H2,1-4H3,(H,27,30)/t19-,23-/m0/s1. The van der Waals surface area contributed by atoms with Crippen molar-refractivity contribution in [3.8, 4) is 0 Å². The lowest BCUT2D eigenvalue weighted by Gasteiger charge is -2.31. The van der Waals surface area contributed by atoms with Crippen LogP contribution in [0.1, 0.15) is 50.3 Å². The van der Waals surface area contributed by atoms with Crippen LogP contribution in [0.4, 0.5) is 4.39 Å². The average molecular weight is 445 g/mol. The molecule has 2 aromatic rings. The number of carbonyl (C=O) groups excluding carboxylic acids is 2. The summed E-state index contributed by atoms with van der Waals surface area (Å²) >= 11 is 1.55. The first kappa shape index (κ1) is 24.9. The summed E-state index contributed by atoms with van der Waals surface area (Å²) in [4.78, 5) is 27.7.